The van der Waals surface area contributed by atoms with Crippen LogP contribution in [-0.2, 0) is 21.9 Å². The van der Waals surface area contributed by atoms with E-state index in [1.807, 2.05) is 26.8 Å². The van der Waals surface area contributed by atoms with Crippen molar-refractivity contribution in [2.45, 2.75) is 46.0 Å². The molecule has 0 aliphatic rings. The van der Waals surface area contributed by atoms with Gasteiger partial charge < -0.3 is 10.2 Å². The number of thioether (sulfide) groups is 1. The summed E-state index contributed by atoms with van der Waals surface area (Å²) in [7, 11) is 0. The minimum absolute atomic E-state index is 0.0876. The van der Waals surface area contributed by atoms with Crippen molar-refractivity contribution in [2.24, 2.45) is 5.92 Å². The molecule has 0 unspecified atom stereocenters. The Hall–Kier alpha value is -1.69. The molecular formula is C24H30Cl2N2O2S. The molecule has 2 aromatic rings. The largest absolute Gasteiger partial charge is 0.354 e. The van der Waals surface area contributed by atoms with E-state index < -0.39 is 6.04 Å². The van der Waals surface area contributed by atoms with Crippen molar-refractivity contribution >= 4 is 46.8 Å². The van der Waals surface area contributed by atoms with E-state index in [0.717, 1.165) is 11.3 Å². The number of rotatable bonds is 10. The molecule has 168 valence electrons. The highest BCUT2D eigenvalue weighted by molar-refractivity contribution is 7.99. The molecule has 0 aromatic heterocycles. The van der Waals surface area contributed by atoms with Gasteiger partial charge in [-0.2, -0.15) is 0 Å². The molecule has 2 aromatic carbocycles. The Kier molecular flexibility index (Phi) is 10.2. The minimum Gasteiger partial charge on any atom is -0.354 e. The number of amides is 2. The van der Waals surface area contributed by atoms with Gasteiger partial charge in [0.1, 0.15) is 6.04 Å². The predicted molar refractivity (Wildman–Crippen MR) is 132 cm³/mol. The summed E-state index contributed by atoms with van der Waals surface area (Å²) < 4.78 is 0. The summed E-state index contributed by atoms with van der Waals surface area (Å²) in [6, 6.07) is 12.9. The summed E-state index contributed by atoms with van der Waals surface area (Å²) in [5, 5.41) is 3.81. The Bertz CT molecular complexity index is 888. The van der Waals surface area contributed by atoms with E-state index in [-0.39, 0.29) is 24.1 Å². The maximum Gasteiger partial charge on any atom is 0.242 e. The number of carbonyl (C=O) groups is 2. The van der Waals surface area contributed by atoms with Gasteiger partial charge in [0, 0.05) is 18.8 Å². The zero-order valence-electron chi connectivity index (χ0n) is 18.5. The lowest BCUT2D eigenvalue weighted by Crippen LogP contribution is -2.48. The first kappa shape index (κ1) is 25.6. The molecular weight excluding hydrogens is 451 g/mol. The number of hydrogen-bond acceptors (Lipinski definition) is 3. The van der Waals surface area contributed by atoms with Gasteiger partial charge in [-0.15, -0.1) is 11.8 Å². The molecule has 0 radical (unpaired) electrons. The monoisotopic (exact) mass is 480 g/mol. The topological polar surface area (TPSA) is 49.4 Å². The normalized spacial score (nSPS) is 12.0. The summed E-state index contributed by atoms with van der Waals surface area (Å²) in [5.74, 6) is 1.11. The highest BCUT2D eigenvalue weighted by Gasteiger charge is 2.26. The van der Waals surface area contributed by atoms with Crippen molar-refractivity contribution < 1.29 is 9.59 Å². The molecule has 0 bridgehead atoms. The molecule has 7 heteroatoms. The van der Waals surface area contributed by atoms with Crippen LogP contribution in [0.1, 0.15) is 37.5 Å². The Morgan fingerprint density at radius 1 is 1.00 bits per heavy atom. The third-order valence-electron chi connectivity index (χ3n) is 4.80. The van der Waals surface area contributed by atoms with Crippen LogP contribution in [0.3, 0.4) is 0 Å². The summed E-state index contributed by atoms with van der Waals surface area (Å²) in [6.45, 7) is 8.73. The number of halogens is 2. The van der Waals surface area contributed by atoms with Gasteiger partial charge in [-0.25, -0.2) is 0 Å². The van der Waals surface area contributed by atoms with Crippen molar-refractivity contribution in [2.75, 3.05) is 12.3 Å². The van der Waals surface area contributed by atoms with Crippen LogP contribution in [0, 0.1) is 12.8 Å². The van der Waals surface area contributed by atoms with Crippen molar-refractivity contribution in [3.8, 4) is 0 Å². The fourth-order valence-electron chi connectivity index (χ4n) is 2.89. The molecule has 2 amide bonds. The van der Waals surface area contributed by atoms with Crippen molar-refractivity contribution in [3.63, 3.8) is 0 Å². The number of aryl methyl sites for hydroxylation is 1. The maximum absolute atomic E-state index is 13.1. The van der Waals surface area contributed by atoms with Crippen molar-refractivity contribution in [1.82, 2.24) is 10.2 Å². The van der Waals surface area contributed by atoms with Crippen LogP contribution in [0.15, 0.2) is 42.5 Å². The lowest BCUT2D eigenvalue weighted by Gasteiger charge is -2.29. The van der Waals surface area contributed by atoms with Crippen molar-refractivity contribution in [1.29, 1.82) is 0 Å². The molecule has 0 fully saturated rings. The average molecular weight is 481 g/mol. The maximum atomic E-state index is 13.1. The van der Waals surface area contributed by atoms with Gasteiger partial charge in [0.05, 0.1) is 15.8 Å². The predicted octanol–water partition coefficient (Wildman–Crippen LogP) is 5.72. The second-order valence-electron chi connectivity index (χ2n) is 8.06. The molecule has 0 spiro atoms. The number of hydrogen-bond donors (Lipinski definition) is 1. The molecule has 0 saturated heterocycles. The lowest BCUT2D eigenvalue weighted by molar-refractivity contribution is -0.138. The van der Waals surface area contributed by atoms with Crippen LogP contribution < -0.4 is 5.32 Å². The fraction of sp³-hybridized carbons (Fsp3) is 0.417. The molecule has 31 heavy (non-hydrogen) atoms. The molecule has 2 rings (SSSR count). The third kappa shape index (κ3) is 8.40. The quantitative estimate of drug-likeness (QED) is 0.472. The molecule has 0 aliphatic heterocycles. The molecule has 0 aliphatic carbocycles. The van der Waals surface area contributed by atoms with Gasteiger partial charge in [-0.3, -0.25) is 9.59 Å². The summed E-state index contributed by atoms with van der Waals surface area (Å²) >= 11 is 13.7. The molecule has 1 atom stereocenters. The van der Waals surface area contributed by atoms with E-state index >= 15 is 0 Å². The van der Waals surface area contributed by atoms with E-state index in [1.165, 1.54) is 11.1 Å². The van der Waals surface area contributed by atoms with E-state index in [2.05, 4.69) is 29.6 Å². The lowest BCUT2D eigenvalue weighted by atomic mass is 10.1. The summed E-state index contributed by atoms with van der Waals surface area (Å²) in [4.78, 5) is 27.4. The second-order valence-corrected chi connectivity index (χ2v) is 9.86. The Labute approximate surface area is 199 Å². The van der Waals surface area contributed by atoms with Crippen LogP contribution in [-0.4, -0.2) is 35.1 Å². The zero-order chi connectivity index (χ0) is 23.0. The van der Waals surface area contributed by atoms with Crippen LogP contribution in [0.25, 0.3) is 0 Å². The first-order valence-electron chi connectivity index (χ1n) is 10.3. The Balaban J connectivity index is 2.08. The number of carbonyl (C=O) groups excluding carboxylic acids is 2. The second kappa shape index (κ2) is 12.4. The zero-order valence-corrected chi connectivity index (χ0v) is 20.8. The SMILES string of the molecule is Cc1ccc(CSCC(=O)N(Cc2ccc(Cl)c(Cl)c2)[C@H](C)C(=O)NCC(C)C)cc1. The van der Waals surface area contributed by atoms with Crippen LogP contribution in [0.2, 0.25) is 10.0 Å². The Morgan fingerprint density at radius 3 is 2.26 bits per heavy atom. The molecule has 4 nitrogen and oxygen atoms in total. The van der Waals surface area contributed by atoms with E-state index in [0.29, 0.717) is 22.5 Å². The number of nitrogens with zero attached hydrogens (tertiary/aromatic N) is 1. The van der Waals surface area contributed by atoms with Crippen LogP contribution in [0.4, 0.5) is 0 Å². The molecule has 1 N–H and O–H groups in total. The van der Waals surface area contributed by atoms with E-state index in [4.69, 9.17) is 23.2 Å². The van der Waals surface area contributed by atoms with Crippen molar-refractivity contribution in [3.05, 3.63) is 69.2 Å². The fourth-order valence-corrected chi connectivity index (χ4v) is 4.08. The first-order valence-corrected chi connectivity index (χ1v) is 12.2. The minimum atomic E-state index is -0.597. The summed E-state index contributed by atoms with van der Waals surface area (Å²) in [5.41, 5.74) is 3.20. The summed E-state index contributed by atoms with van der Waals surface area (Å²) in [6.07, 6.45) is 0. The van der Waals surface area contributed by atoms with Gasteiger partial charge in [0.25, 0.3) is 0 Å². The van der Waals surface area contributed by atoms with E-state index in [9.17, 15) is 9.59 Å². The van der Waals surface area contributed by atoms with Crippen LogP contribution >= 0.6 is 35.0 Å². The van der Waals surface area contributed by atoms with E-state index in [1.54, 1.807) is 35.7 Å². The van der Waals surface area contributed by atoms with Gasteiger partial charge in [-0.05, 0) is 43.0 Å². The number of benzene rings is 2. The average Bonchev–Trinajstić information content (AvgIpc) is 2.73. The highest BCUT2D eigenvalue weighted by Crippen LogP contribution is 2.24. The first-order chi connectivity index (χ1) is 14.7. The highest BCUT2D eigenvalue weighted by atomic mass is 35.5. The number of nitrogens with one attached hydrogen (secondary N) is 1. The Morgan fingerprint density at radius 2 is 1.65 bits per heavy atom. The van der Waals surface area contributed by atoms with Gasteiger partial charge in [0.2, 0.25) is 11.8 Å². The van der Waals surface area contributed by atoms with Gasteiger partial charge in [-0.1, -0.05) is 72.9 Å². The van der Waals surface area contributed by atoms with Gasteiger partial charge >= 0.3 is 0 Å². The molecule has 0 heterocycles. The molecule has 0 saturated carbocycles. The third-order valence-corrected chi connectivity index (χ3v) is 6.53. The van der Waals surface area contributed by atoms with Crippen LogP contribution in [0.5, 0.6) is 0 Å². The standard InChI is InChI=1S/C24H30Cl2N2O2S/c1-16(2)12-27-24(30)18(4)28(13-20-9-10-21(25)22(26)11-20)23(29)15-31-14-19-7-5-17(3)6-8-19/h5-11,16,18H,12-15H2,1-4H3,(H,27,30)/t18-/m1/s1. The van der Waals surface area contributed by atoms with Gasteiger partial charge in [0.15, 0.2) is 0 Å². The smallest absolute Gasteiger partial charge is 0.242 e.